The van der Waals surface area contributed by atoms with E-state index in [0.717, 1.165) is 5.56 Å². The summed E-state index contributed by atoms with van der Waals surface area (Å²) in [6, 6.07) is 13.6. The fourth-order valence-electron chi connectivity index (χ4n) is 2.35. The van der Waals surface area contributed by atoms with Gasteiger partial charge in [0.15, 0.2) is 9.84 Å². The summed E-state index contributed by atoms with van der Waals surface area (Å²) < 4.78 is 30.9. The molecule has 1 aromatic heterocycles. The number of benzene rings is 2. The van der Waals surface area contributed by atoms with Crippen LogP contribution in [0.1, 0.15) is 11.1 Å². The third kappa shape index (κ3) is 3.23. The number of halogens is 1. The summed E-state index contributed by atoms with van der Waals surface area (Å²) >= 11 is 3.27. The molecule has 118 valence electrons. The summed E-state index contributed by atoms with van der Waals surface area (Å²) in [4.78, 5) is 12.2. The highest BCUT2D eigenvalue weighted by Crippen LogP contribution is 2.26. The third-order valence-electron chi connectivity index (χ3n) is 3.48. The molecule has 0 saturated carbocycles. The van der Waals surface area contributed by atoms with Crippen molar-refractivity contribution in [2.75, 3.05) is 0 Å². The predicted octanol–water partition coefficient (Wildman–Crippen LogP) is 3.84. The molecule has 0 N–H and O–H groups in total. The molecule has 4 nitrogen and oxygen atoms in total. The molecule has 0 aliphatic carbocycles. The van der Waals surface area contributed by atoms with E-state index in [9.17, 15) is 13.2 Å². The van der Waals surface area contributed by atoms with Gasteiger partial charge in [-0.2, -0.15) is 0 Å². The van der Waals surface area contributed by atoms with E-state index < -0.39 is 21.2 Å². The van der Waals surface area contributed by atoms with E-state index in [4.69, 9.17) is 4.42 Å². The van der Waals surface area contributed by atoms with Gasteiger partial charge in [-0.3, -0.25) is 0 Å². The SMILES string of the molecule is Cc1ccc(S(=O)(=O)Cc2cc3ccccc3oc2=O)c(Br)c1. The Kier molecular flexibility index (Phi) is 4.12. The van der Waals surface area contributed by atoms with Gasteiger partial charge >= 0.3 is 5.63 Å². The van der Waals surface area contributed by atoms with E-state index >= 15 is 0 Å². The Labute approximate surface area is 141 Å². The maximum Gasteiger partial charge on any atom is 0.340 e. The molecule has 0 spiro atoms. The highest BCUT2D eigenvalue weighted by molar-refractivity contribution is 9.10. The second-order valence-corrected chi connectivity index (χ2v) is 8.10. The van der Waals surface area contributed by atoms with E-state index in [0.29, 0.717) is 15.4 Å². The second-order valence-electron chi connectivity index (χ2n) is 5.29. The molecule has 0 aliphatic heterocycles. The van der Waals surface area contributed by atoms with Gasteiger partial charge in [0, 0.05) is 9.86 Å². The monoisotopic (exact) mass is 392 g/mol. The number of sulfone groups is 1. The summed E-state index contributed by atoms with van der Waals surface area (Å²) in [5, 5.41) is 0.695. The first-order valence-corrected chi connectivity index (χ1v) is 9.32. The summed E-state index contributed by atoms with van der Waals surface area (Å²) in [5.74, 6) is -0.401. The van der Waals surface area contributed by atoms with Gasteiger partial charge < -0.3 is 4.42 Å². The summed E-state index contributed by atoms with van der Waals surface area (Å²) in [5.41, 5.74) is 0.878. The van der Waals surface area contributed by atoms with Crippen LogP contribution in [-0.2, 0) is 15.6 Å². The highest BCUT2D eigenvalue weighted by atomic mass is 79.9. The van der Waals surface area contributed by atoms with E-state index in [1.807, 2.05) is 6.92 Å². The fourth-order valence-corrected chi connectivity index (χ4v) is 4.98. The van der Waals surface area contributed by atoms with Crippen molar-refractivity contribution in [1.82, 2.24) is 0 Å². The molecular formula is C17H13BrO4S. The van der Waals surface area contributed by atoms with Crippen LogP contribution in [0.15, 0.2) is 67.1 Å². The quantitative estimate of drug-likeness (QED) is 0.635. The number of hydrogen-bond acceptors (Lipinski definition) is 4. The average Bonchev–Trinajstić information content (AvgIpc) is 2.47. The zero-order chi connectivity index (χ0) is 16.6. The number of fused-ring (bicyclic) bond motifs is 1. The molecule has 0 aliphatic rings. The Bertz CT molecular complexity index is 1050. The van der Waals surface area contributed by atoms with Gasteiger partial charge in [-0.1, -0.05) is 24.3 Å². The predicted molar refractivity (Wildman–Crippen MR) is 92.3 cm³/mol. The van der Waals surface area contributed by atoms with Gasteiger partial charge in [0.1, 0.15) is 5.58 Å². The molecule has 3 rings (SSSR count). The molecule has 0 amide bonds. The van der Waals surface area contributed by atoms with Crippen LogP contribution >= 0.6 is 15.9 Å². The van der Waals surface area contributed by atoms with E-state index in [1.54, 1.807) is 42.5 Å². The molecule has 0 saturated heterocycles. The standard InChI is InChI=1S/C17H13BrO4S/c1-11-6-7-16(14(18)8-11)23(20,21)10-13-9-12-4-2-3-5-15(12)22-17(13)19/h2-9H,10H2,1H3. The van der Waals surface area contributed by atoms with Crippen LogP contribution in [0.4, 0.5) is 0 Å². The van der Waals surface area contributed by atoms with Crippen molar-refractivity contribution < 1.29 is 12.8 Å². The van der Waals surface area contributed by atoms with Crippen LogP contribution in [-0.4, -0.2) is 8.42 Å². The Morgan fingerprint density at radius 1 is 1.09 bits per heavy atom. The van der Waals surface area contributed by atoms with Crippen molar-refractivity contribution >= 4 is 36.7 Å². The average molecular weight is 393 g/mol. The van der Waals surface area contributed by atoms with Crippen molar-refractivity contribution in [1.29, 1.82) is 0 Å². The van der Waals surface area contributed by atoms with Crippen LogP contribution < -0.4 is 5.63 Å². The molecular weight excluding hydrogens is 380 g/mol. The first-order chi connectivity index (χ1) is 10.9. The normalized spacial score (nSPS) is 11.7. The van der Waals surface area contributed by atoms with Crippen LogP contribution in [0.25, 0.3) is 11.0 Å². The lowest BCUT2D eigenvalue weighted by Gasteiger charge is -2.07. The minimum atomic E-state index is -3.66. The second kappa shape index (κ2) is 5.94. The third-order valence-corrected chi connectivity index (χ3v) is 6.12. The molecule has 6 heteroatoms. The molecule has 0 bridgehead atoms. The van der Waals surface area contributed by atoms with Gasteiger partial charge in [-0.25, -0.2) is 13.2 Å². The lowest BCUT2D eigenvalue weighted by molar-refractivity contribution is 0.550. The summed E-state index contributed by atoms with van der Waals surface area (Å²) in [7, 11) is -3.66. The zero-order valence-corrected chi connectivity index (χ0v) is 14.6. The lowest BCUT2D eigenvalue weighted by Crippen LogP contribution is -2.14. The Morgan fingerprint density at radius 2 is 1.83 bits per heavy atom. The number of hydrogen-bond donors (Lipinski definition) is 0. The van der Waals surface area contributed by atoms with E-state index in [1.165, 1.54) is 6.07 Å². The van der Waals surface area contributed by atoms with Crippen molar-refractivity contribution in [3.05, 3.63) is 74.6 Å². The van der Waals surface area contributed by atoms with Crippen LogP contribution in [0.2, 0.25) is 0 Å². The molecule has 0 unspecified atom stereocenters. The Morgan fingerprint density at radius 3 is 2.57 bits per heavy atom. The molecule has 0 fully saturated rings. The van der Waals surface area contributed by atoms with Crippen LogP contribution in [0.3, 0.4) is 0 Å². The number of para-hydroxylation sites is 1. The van der Waals surface area contributed by atoms with Gasteiger partial charge in [0.25, 0.3) is 0 Å². The van der Waals surface area contributed by atoms with Gasteiger partial charge in [-0.05, 0) is 52.7 Å². The fraction of sp³-hybridized carbons (Fsp3) is 0.118. The van der Waals surface area contributed by atoms with Crippen molar-refractivity contribution in [2.24, 2.45) is 0 Å². The maximum absolute atomic E-state index is 12.6. The van der Waals surface area contributed by atoms with E-state index in [2.05, 4.69) is 15.9 Å². The van der Waals surface area contributed by atoms with Gasteiger partial charge in [0.2, 0.25) is 0 Å². The van der Waals surface area contributed by atoms with Gasteiger partial charge in [-0.15, -0.1) is 0 Å². The van der Waals surface area contributed by atoms with Crippen LogP contribution in [0, 0.1) is 6.92 Å². The van der Waals surface area contributed by atoms with E-state index in [-0.39, 0.29) is 10.5 Å². The minimum Gasteiger partial charge on any atom is -0.423 e. The maximum atomic E-state index is 12.6. The molecule has 23 heavy (non-hydrogen) atoms. The molecule has 2 aromatic carbocycles. The molecule has 0 radical (unpaired) electrons. The van der Waals surface area contributed by atoms with Crippen molar-refractivity contribution in [2.45, 2.75) is 17.6 Å². The molecule has 0 atom stereocenters. The summed E-state index contributed by atoms with van der Waals surface area (Å²) in [6.45, 7) is 1.87. The Balaban J connectivity index is 2.07. The number of aryl methyl sites for hydroxylation is 1. The van der Waals surface area contributed by atoms with Gasteiger partial charge in [0.05, 0.1) is 16.2 Å². The number of rotatable bonds is 3. The smallest absolute Gasteiger partial charge is 0.340 e. The Hall–Kier alpha value is -1.92. The largest absolute Gasteiger partial charge is 0.423 e. The molecule has 3 aromatic rings. The van der Waals surface area contributed by atoms with Crippen molar-refractivity contribution in [3.63, 3.8) is 0 Å². The summed E-state index contributed by atoms with van der Waals surface area (Å²) in [6.07, 6.45) is 0. The lowest BCUT2D eigenvalue weighted by atomic mass is 10.2. The minimum absolute atomic E-state index is 0.121. The molecule has 1 heterocycles. The van der Waals surface area contributed by atoms with Crippen LogP contribution in [0.5, 0.6) is 0 Å². The zero-order valence-electron chi connectivity index (χ0n) is 12.2. The topological polar surface area (TPSA) is 64.3 Å². The first-order valence-electron chi connectivity index (χ1n) is 6.87. The highest BCUT2D eigenvalue weighted by Gasteiger charge is 2.21. The van der Waals surface area contributed by atoms with Crippen molar-refractivity contribution in [3.8, 4) is 0 Å². The first kappa shape index (κ1) is 16.0.